The van der Waals surface area contributed by atoms with Crippen LogP contribution in [0.1, 0.15) is 25.2 Å². The normalized spacial score (nSPS) is 11.0. The van der Waals surface area contributed by atoms with Gasteiger partial charge in [-0.3, -0.25) is 9.36 Å². The summed E-state index contributed by atoms with van der Waals surface area (Å²) >= 11 is 1.33. The molecule has 1 N–H and O–H groups in total. The summed E-state index contributed by atoms with van der Waals surface area (Å²) in [5, 5.41) is 12.2. The third-order valence-electron chi connectivity index (χ3n) is 4.31. The Hall–Kier alpha value is -2.67. The summed E-state index contributed by atoms with van der Waals surface area (Å²) in [5.41, 5.74) is 1.99. The van der Waals surface area contributed by atoms with Crippen molar-refractivity contribution in [1.29, 1.82) is 0 Å². The number of rotatable bonds is 9. The molecule has 0 aliphatic heterocycles. The molecule has 0 fully saturated rings. The summed E-state index contributed by atoms with van der Waals surface area (Å²) in [5.74, 6) is 1.10. The first kappa shape index (κ1) is 21.0. The van der Waals surface area contributed by atoms with Crippen LogP contribution in [-0.4, -0.2) is 33.0 Å². The lowest BCUT2D eigenvalue weighted by molar-refractivity contribution is -0.118. The van der Waals surface area contributed by atoms with Gasteiger partial charge >= 0.3 is 0 Å². The molecule has 1 heterocycles. The molecule has 1 aromatic heterocycles. The maximum atomic E-state index is 13.4. The van der Waals surface area contributed by atoms with Crippen LogP contribution < -0.4 is 5.32 Å². The lowest BCUT2D eigenvalue weighted by Crippen LogP contribution is -2.28. The molecule has 0 saturated carbocycles. The fourth-order valence-electron chi connectivity index (χ4n) is 2.81. The van der Waals surface area contributed by atoms with Crippen molar-refractivity contribution in [3.8, 4) is 5.69 Å². The van der Waals surface area contributed by atoms with Crippen LogP contribution >= 0.6 is 11.8 Å². The number of amides is 1. The van der Waals surface area contributed by atoms with E-state index in [4.69, 9.17) is 0 Å². The van der Waals surface area contributed by atoms with E-state index in [0.29, 0.717) is 24.0 Å². The lowest BCUT2D eigenvalue weighted by Gasteiger charge is -2.11. The first-order valence-corrected chi connectivity index (χ1v) is 10.6. The second kappa shape index (κ2) is 10.2. The van der Waals surface area contributed by atoms with Gasteiger partial charge in [0.1, 0.15) is 11.6 Å². The van der Waals surface area contributed by atoms with E-state index in [2.05, 4.69) is 41.5 Å². The molecule has 3 rings (SSSR count). The molecule has 0 aliphatic carbocycles. The number of aromatic nitrogens is 3. The molecule has 29 heavy (non-hydrogen) atoms. The Kier molecular flexibility index (Phi) is 7.41. The van der Waals surface area contributed by atoms with Crippen molar-refractivity contribution in [2.75, 3.05) is 12.3 Å². The minimum atomic E-state index is -0.296. The third kappa shape index (κ3) is 6.15. The molecule has 0 atom stereocenters. The topological polar surface area (TPSA) is 59.8 Å². The Morgan fingerprint density at radius 3 is 2.48 bits per heavy atom. The van der Waals surface area contributed by atoms with Gasteiger partial charge in [-0.15, -0.1) is 10.2 Å². The van der Waals surface area contributed by atoms with Gasteiger partial charge in [0.05, 0.1) is 5.75 Å². The fraction of sp³-hybridized carbons (Fsp3) is 0.318. The summed E-state index contributed by atoms with van der Waals surface area (Å²) in [4.78, 5) is 12.1. The van der Waals surface area contributed by atoms with Crippen molar-refractivity contribution >= 4 is 17.7 Å². The lowest BCUT2D eigenvalue weighted by atomic mass is 10.1. The second-order valence-corrected chi connectivity index (χ2v) is 8.13. The number of carbonyl (C=O) groups excluding carboxylic acids is 1. The maximum Gasteiger partial charge on any atom is 0.230 e. The van der Waals surface area contributed by atoms with Crippen molar-refractivity contribution in [2.24, 2.45) is 5.92 Å². The van der Waals surface area contributed by atoms with Crippen molar-refractivity contribution in [2.45, 2.75) is 31.8 Å². The summed E-state index contributed by atoms with van der Waals surface area (Å²) in [6, 6.07) is 16.4. The zero-order valence-corrected chi connectivity index (χ0v) is 17.5. The van der Waals surface area contributed by atoms with Gasteiger partial charge in [0.15, 0.2) is 5.16 Å². The zero-order chi connectivity index (χ0) is 20.6. The largest absolute Gasteiger partial charge is 0.355 e. The van der Waals surface area contributed by atoms with E-state index in [1.54, 1.807) is 12.1 Å². The highest BCUT2D eigenvalue weighted by Crippen LogP contribution is 2.23. The molecule has 0 aliphatic rings. The van der Waals surface area contributed by atoms with Gasteiger partial charge in [0.2, 0.25) is 5.91 Å². The maximum absolute atomic E-state index is 13.4. The number of benzene rings is 2. The number of carbonyl (C=O) groups is 1. The van der Waals surface area contributed by atoms with Crippen LogP contribution in [0.4, 0.5) is 4.39 Å². The number of nitrogens with one attached hydrogen (secondary N) is 1. The van der Waals surface area contributed by atoms with Crippen LogP contribution in [-0.2, 0) is 17.6 Å². The number of halogens is 1. The molecule has 3 aromatic rings. The average Bonchev–Trinajstić information content (AvgIpc) is 3.13. The molecule has 152 valence electrons. The Balaban J connectivity index is 1.77. The van der Waals surface area contributed by atoms with Crippen LogP contribution in [0.3, 0.4) is 0 Å². The van der Waals surface area contributed by atoms with Gasteiger partial charge in [-0.05, 0) is 42.2 Å². The highest BCUT2D eigenvalue weighted by molar-refractivity contribution is 7.99. The Morgan fingerprint density at radius 2 is 1.79 bits per heavy atom. The van der Waals surface area contributed by atoms with Crippen LogP contribution in [0.25, 0.3) is 5.69 Å². The van der Waals surface area contributed by atoms with E-state index in [1.807, 2.05) is 22.8 Å². The summed E-state index contributed by atoms with van der Waals surface area (Å²) in [6.07, 6.45) is 1.51. The highest BCUT2D eigenvalue weighted by atomic mass is 32.2. The second-order valence-electron chi connectivity index (χ2n) is 7.18. The van der Waals surface area contributed by atoms with E-state index >= 15 is 0 Å². The Labute approximate surface area is 174 Å². The predicted octanol–water partition coefficient (Wildman–Crippen LogP) is 4.06. The average molecular weight is 413 g/mol. The quantitative estimate of drug-likeness (QED) is 0.539. The summed E-state index contributed by atoms with van der Waals surface area (Å²) < 4.78 is 15.3. The number of nitrogens with zero attached hydrogens (tertiary/aromatic N) is 3. The highest BCUT2D eigenvalue weighted by Gasteiger charge is 2.16. The minimum absolute atomic E-state index is 0.0387. The first-order chi connectivity index (χ1) is 14.0. The Morgan fingerprint density at radius 1 is 1.07 bits per heavy atom. The number of hydrogen-bond donors (Lipinski definition) is 1. The van der Waals surface area contributed by atoms with Crippen LogP contribution in [0.5, 0.6) is 0 Å². The molecule has 0 spiro atoms. The van der Waals surface area contributed by atoms with Crippen molar-refractivity contribution in [1.82, 2.24) is 20.1 Å². The molecule has 0 unspecified atom stereocenters. The molecule has 0 radical (unpaired) electrons. The van der Waals surface area contributed by atoms with E-state index < -0.39 is 0 Å². The monoisotopic (exact) mass is 412 g/mol. The molecule has 0 saturated heterocycles. The molecule has 2 aromatic carbocycles. The van der Waals surface area contributed by atoms with Gasteiger partial charge in [-0.25, -0.2) is 4.39 Å². The predicted molar refractivity (Wildman–Crippen MR) is 114 cm³/mol. The molecule has 0 bridgehead atoms. The number of thioether (sulfide) groups is 1. The standard InChI is InChI=1S/C22H25FN4OS/c1-16(2)14-24-21(28)15-29-22-26-25-20(13-8-17-6-4-3-5-7-17)27(22)19-11-9-18(23)10-12-19/h3-7,9-12,16H,8,13-15H2,1-2H3,(H,24,28). The molecule has 1 amide bonds. The SMILES string of the molecule is CC(C)CNC(=O)CSc1nnc(CCc2ccccc2)n1-c1ccc(F)cc1. The minimum Gasteiger partial charge on any atom is -0.355 e. The Bertz CT molecular complexity index is 926. The van der Waals surface area contributed by atoms with Gasteiger partial charge in [0.25, 0.3) is 0 Å². The van der Waals surface area contributed by atoms with Gasteiger partial charge in [-0.1, -0.05) is 55.9 Å². The van der Waals surface area contributed by atoms with Crippen LogP contribution in [0, 0.1) is 11.7 Å². The van der Waals surface area contributed by atoms with Crippen LogP contribution in [0.2, 0.25) is 0 Å². The summed E-state index contributed by atoms with van der Waals surface area (Å²) in [6.45, 7) is 4.75. The molecular formula is C22H25FN4OS. The first-order valence-electron chi connectivity index (χ1n) is 9.66. The van der Waals surface area contributed by atoms with Crippen molar-refractivity contribution < 1.29 is 9.18 Å². The molecule has 5 nitrogen and oxygen atoms in total. The van der Waals surface area contributed by atoms with Gasteiger partial charge < -0.3 is 5.32 Å². The summed E-state index contributed by atoms with van der Waals surface area (Å²) in [7, 11) is 0. The third-order valence-corrected chi connectivity index (χ3v) is 5.23. The van der Waals surface area contributed by atoms with Crippen molar-refractivity contribution in [3.63, 3.8) is 0 Å². The van der Waals surface area contributed by atoms with Crippen molar-refractivity contribution in [3.05, 3.63) is 71.8 Å². The molecular weight excluding hydrogens is 387 g/mol. The number of aryl methyl sites for hydroxylation is 2. The van der Waals surface area contributed by atoms with Gasteiger partial charge in [0, 0.05) is 18.7 Å². The van der Waals surface area contributed by atoms with E-state index in [0.717, 1.165) is 17.9 Å². The van der Waals surface area contributed by atoms with E-state index in [9.17, 15) is 9.18 Å². The zero-order valence-electron chi connectivity index (χ0n) is 16.6. The smallest absolute Gasteiger partial charge is 0.230 e. The van der Waals surface area contributed by atoms with Crippen LogP contribution in [0.15, 0.2) is 59.8 Å². The number of hydrogen-bond acceptors (Lipinski definition) is 4. The fourth-order valence-corrected chi connectivity index (χ4v) is 3.61. The van der Waals surface area contributed by atoms with E-state index in [1.165, 1.54) is 29.5 Å². The van der Waals surface area contributed by atoms with E-state index in [-0.39, 0.29) is 17.5 Å². The molecule has 7 heteroatoms. The van der Waals surface area contributed by atoms with Gasteiger partial charge in [-0.2, -0.15) is 0 Å².